The lowest BCUT2D eigenvalue weighted by Crippen LogP contribution is -1.91. The summed E-state index contributed by atoms with van der Waals surface area (Å²) >= 11 is 3.98. The zero-order chi connectivity index (χ0) is 10.4. The van der Waals surface area contributed by atoms with Gasteiger partial charge in [-0.2, -0.15) is 17.9 Å². The Bertz CT molecular complexity index is 423. The van der Waals surface area contributed by atoms with Gasteiger partial charge < -0.3 is 4.74 Å². The Morgan fingerprint density at radius 3 is 2.86 bits per heavy atom. The normalized spacial score (nSPS) is 8.36. The molecule has 1 aromatic rings. The van der Waals surface area contributed by atoms with E-state index in [9.17, 15) is 0 Å². The lowest BCUT2D eigenvalue weighted by molar-refractivity contribution is 0.413. The molecule has 0 saturated carbocycles. The van der Waals surface area contributed by atoms with Crippen molar-refractivity contribution in [1.82, 2.24) is 0 Å². The maximum absolute atomic E-state index is 8.91. The van der Waals surface area contributed by atoms with E-state index in [0.29, 0.717) is 22.6 Å². The molecule has 3 heteroatoms. The molecule has 14 heavy (non-hydrogen) atoms. The highest BCUT2D eigenvalue weighted by Gasteiger charge is 2.05. The molecule has 0 bridgehead atoms. The molecule has 0 aliphatic heterocycles. The average Bonchev–Trinajstić information content (AvgIpc) is 2.25. The van der Waals surface area contributed by atoms with Gasteiger partial charge in [0.05, 0.1) is 12.9 Å². The van der Waals surface area contributed by atoms with E-state index in [1.807, 2.05) is 6.07 Å². The zero-order valence-electron chi connectivity index (χ0n) is 7.74. The van der Waals surface area contributed by atoms with Crippen LogP contribution in [0, 0.1) is 23.2 Å². The van der Waals surface area contributed by atoms with Crippen LogP contribution in [0.1, 0.15) is 11.1 Å². The van der Waals surface area contributed by atoms with Crippen LogP contribution in [0.3, 0.4) is 0 Å². The molecule has 0 aromatic heterocycles. The van der Waals surface area contributed by atoms with E-state index < -0.39 is 0 Å². The van der Waals surface area contributed by atoms with E-state index >= 15 is 0 Å². The summed E-state index contributed by atoms with van der Waals surface area (Å²) in [5, 5.41) is 8.91. The minimum absolute atomic E-state index is 0.474. The van der Waals surface area contributed by atoms with E-state index in [4.69, 9.17) is 10.00 Å². The number of methoxy groups -OCH3 is 1. The van der Waals surface area contributed by atoms with Crippen molar-refractivity contribution in [3.8, 4) is 23.7 Å². The largest absolute Gasteiger partial charge is 0.495 e. The number of thiol groups is 1. The molecule has 0 fully saturated rings. The summed E-state index contributed by atoms with van der Waals surface area (Å²) in [4.78, 5) is 0. The number of ether oxygens (including phenoxy) is 1. The van der Waals surface area contributed by atoms with Crippen molar-refractivity contribution in [3.05, 3.63) is 29.3 Å². The van der Waals surface area contributed by atoms with Gasteiger partial charge in [0.15, 0.2) is 0 Å². The van der Waals surface area contributed by atoms with Gasteiger partial charge in [-0.05, 0) is 12.1 Å². The van der Waals surface area contributed by atoms with Crippen LogP contribution in [-0.2, 0) is 0 Å². The molecule has 0 radical (unpaired) electrons. The highest BCUT2D eigenvalue weighted by Crippen LogP contribution is 2.20. The van der Waals surface area contributed by atoms with Crippen LogP contribution >= 0.6 is 12.6 Å². The van der Waals surface area contributed by atoms with Gasteiger partial charge in [0, 0.05) is 5.56 Å². The number of hydrogen-bond acceptors (Lipinski definition) is 3. The summed E-state index contributed by atoms with van der Waals surface area (Å²) in [7, 11) is 1.53. The van der Waals surface area contributed by atoms with Gasteiger partial charge in [-0.25, -0.2) is 0 Å². The van der Waals surface area contributed by atoms with Gasteiger partial charge in [0.25, 0.3) is 0 Å². The first kappa shape index (κ1) is 10.5. The Kier molecular flexibility index (Phi) is 3.91. The molecule has 0 heterocycles. The maximum atomic E-state index is 8.91. The first-order valence-corrected chi connectivity index (χ1v) is 4.63. The van der Waals surface area contributed by atoms with E-state index in [1.165, 1.54) is 7.11 Å². The number of hydrogen-bond donors (Lipinski definition) is 1. The Morgan fingerprint density at radius 2 is 2.29 bits per heavy atom. The van der Waals surface area contributed by atoms with Crippen molar-refractivity contribution in [1.29, 1.82) is 5.26 Å². The van der Waals surface area contributed by atoms with Gasteiger partial charge >= 0.3 is 0 Å². The van der Waals surface area contributed by atoms with E-state index in [-0.39, 0.29) is 0 Å². The van der Waals surface area contributed by atoms with Crippen LogP contribution in [0.4, 0.5) is 0 Å². The van der Waals surface area contributed by atoms with Crippen molar-refractivity contribution in [3.63, 3.8) is 0 Å². The summed E-state index contributed by atoms with van der Waals surface area (Å²) in [5.74, 6) is 6.69. The Balaban J connectivity index is 3.24. The van der Waals surface area contributed by atoms with Crippen LogP contribution in [0.15, 0.2) is 18.2 Å². The monoisotopic (exact) mass is 203 g/mol. The lowest BCUT2D eigenvalue weighted by Gasteiger charge is -2.02. The van der Waals surface area contributed by atoms with Crippen molar-refractivity contribution in [2.24, 2.45) is 0 Å². The molecule has 0 atom stereocenters. The molecule has 0 saturated heterocycles. The fourth-order valence-electron chi connectivity index (χ4n) is 1.06. The molecule has 0 aliphatic rings. The van der Waals surface area contributed by atoms with E-state index in [2.05, 4.69) is 30.5 Å². The Morgan fingerprint density at radius 1 is 1.50 bits per heavy atom. The van der Waals surface area contributed by atoms with Crippen LogP contribution in [0.2, 0.25) is 0 Å². The summed E-state index contributed by atoms with van der Waals surface area (Å²) < 4.78 is 5.05. The SMILES string of the molecule is COc1cccc(C#CCS)c1C#N. The van der Waals surface area contributed by atoms with Crippen LogP contribution in [0.5, 0.6) is 5.75 Å². The molecule has 0 spiro atoms. The number of nitriles is 1. The maximum Gasteiger partial charge on any atom is 0.137 e. The third-order valence-corrected chi connectivity index (χ3v) is 1.82. The second-order valence-electron chi connectivity index (χ2n) is 2.45. The predicted octanol–water partition coefficient (Wildman–Crippen LogP) is 1.85. The van der Waals surface area contributed by atoms with Gasteiger partial charge in [-0.15, -0.1) is 0 Å². The smallest absolute Gasteiger partial charge is 0.137 e. The fourth-order valence-corrected chi connectivity index (χ4v) is 1.13. The number of rotatable bonds is 1. The Hall–Kier alpha value is -1.58. The second kappa shape index (κ2) is 5.21. The molecule has 0 N–H and O–H groups in total. The van der Waals surface area contributed by atoms with Gasteiger partial charge in [0.1, 0.15) is 17.4 Å². The van der Waals surface area contributed by atoms with E-state index in [1.54, 1.807) is 12.1 Å². The standard InChI is InChI=1S/C11H9NOS/c1-13-11-6-2-4-9(5-3-7-14)10(11)8-12/h2,4,6,14H,7H2,1H3. The van der Waals surface area contributed by atoms with Crippen molar-refractivity contribution < 1.29 is 4.74 Å². The average molecular weight is 203 g/mol. The van der Waals surface area contributed by atoms with Crippen LogP contribution < -0.4 is 4.74 Å². The summed E-state index contributed by atoms with van der Waals surface area (Å²) in [6, 6.07) is 7.41. The third-order valence-electron chi connectivity index (χ3n) is 1.66. The molecule has 0 amide bonds. The molecular formula is C11H9NOS. The highest BCUT2D eigenvalue weighted by molar-refractivity contribution is 7.80. The van der Waals surface area contributed by atoms with Gasteiger partial charge in [-0.1, -0.05) is 17.9 Å². The number of nitrogens with zero attached hydrogens (tertiary/aromatic N) is 1. The van der Waals surface area contributed by atoms with E-state index in [0.717, 1.165) is 0 Å². The van der Waals surface area contributed by atoms with Crippen LogP contribution in [0.25, 0.3) is 0 Å². The first-order chi connectivity index (χ1) is 6.83. The highest BCUT2D eigenvalue weighted by atomic mass is 32.1. The molecule has 2 nitrogen and oxygen atoms in total. The third kappa shape index (κ3) is 2.22. The molecular weight excluding hydrogens is 194 g/mol. The first-order valence-electron chi connectivity index (χ1n) is 4.00. The minimum atomic E-state index is 0.474. The molecule has 1 rings (SSSR count). The summed E-state index contributed by atoms with van der Waals surface area (Å²) in [5.41, 5.74) is 1.16. The summed E-state index contributed by atoms with van der Waals surface area (Å²) in [6.45, 7) is 0. The lowest BCUT2D eigenvalue weighted by atomic mass is 10.1. The molecule has 1 aromatic carbocycles. The summed E-state index contributed by atoms with van der Waals surface area (Å²) in [6.07, 6.45) is 0. The quantitative estimate of drug-likeness (QED) is 0.558. The van der Waals surface area contributed by atoms with Crippen molar-refractivity contribution >= 4 is 12.6 Å². The van der Waals surface area contributed by atoms with Crippen molar-refractivity contribution in [2.45, 2.75) is 0 Å². The van der Waals surface area contributed by atoms with Crippen LogP contribution in [-0.4, -0.2) is 12.9 Å². The minimum Gasteiger partial charge on any atom is -0.495 e. The predicted molar refractivity (Wildman–Crippen MR) is 58.4 cm³/mol. The van der Waals surface area contributed by atoms with Gasteiger partial charge in [0.2, 0.25) is 0 Å². The topological polar surface area (TPSA) is 33.0 Å². The second-order valence-corrected chi connectivity index (χ2v) is 2.77. The molecule has 0 aliphatic carbocycles. The van der Waals surface area contributed by atoms with Gasteiger partial charge in [-0.3, -0.25) is 0 Å². The molecule has 0 unspecified atom stereocenters. The Labute approximate surface area is 88.9 Å². The zero-order valence-corrected chi connectivity index (χ0v) is 8.64. The van der Waals surface area contributed by atoms with Crippen molar-refractivity contribution in [2.75, 3.05) is 12.9 Å². The molecule has 70 valence electrons. The fraction of sp³-hybridized carbons (Fsp3) is 0.182. The number of benzene rings is 1.